The summed E-state index contributed by atoms with van der Waals surface area (Å²) >= 11 is 5.85. The minimum Gasteiger partial charge on any atom is -0.361 e. The lowest BCUT2D eigenvalue weighted by Crippen LogP contribution is -2.42. The Morgan fingerprint density at radius 2 is 1.96 bits per heavy atom. The van der Waals surface area contributed by atoms with Crippen LogP contribution in [-0.2, 0) is 16.1 Å². The van der Waals surface area contributed by atoms with Gasteiger partial charge in [-0.2, -0.15) is 5.10 Å². The molecule has 0 aliphatic carbocycles. The van der Waals surface area contributed by atoms with Gasteiger partial charge in [-0.25, -0.2) is 0 Å². The molecule has 2 atom stereocenters. The number of benzene rings is 1. The van der Waals surface area contributed by atoms with E-state index in [1.165, 1.54) is 4.90 Å². The molecule has 2 unspecified atom stereocenters. The molecular formula is C18H20ClN5O3. The molecule has 0 radical (unpaired) electrons. The van der Waals surface area contributed by atoms with Crippen molar-refractivity contribution in [3.8, 4) is 0 Å². The van der Waals surface area contributed by atoms with Gasteiger partial charge in [-0.15, -0.1) is 0 Å². The summed E-state index contributed by atoms with van der Waals surface area (Å²) in [6.07, 6.45) is 3.29. The molecule has 0 bridgehead atoms. The highest BCUT2D eigenvalue weighted by Crippen LogP contribution is 2.17. The maximum Gasteiger partial charge on any atom is 0.311 e. The van der Waals surface area contributed by atoms with Crippen LogP contribution in [0.25, 0.3) is 0 Å². The largest absolute Gasteiger partial charge is 0.361 e. The first-order chi connectivity index (χ1) is 12.8. The molecule has 9 heteroatoms. The van der Waals surface area contributed by atoms with Crippen LogP contribution in [-0.4, -0.2) is 51.5 Å². The van der Waals surface area contributed by atoms with Crippen molar-refractivity contribution in [2.24, 2.45) is 11.7 Å². The molecule has 1 aromatic heterocycles. The highest BCUT2D eigenvalue weighted by molar-refractivity contribution is 6.34. The first kappa shape index (κ1) is 18.9. The number of nitrogens with two attached hydrogens (primary N) is 1. The van der Waals surface area contributed by atoms with E-state index in [4.69, 9.17) is 17.3 Å². The summed E-state index contributed by atoms with van der Waals surface area (Å²) in [5.74, 6) is -1.90. The molecule has 27 heavy (non-hydrogen) atoms. The van der Waals surface area contributed by atoms with Gasteiger partial charge in [-0.1, -0.05) is 30.7 Å². The first-order valence-electron chi connectivity index (χ1n) is 8.50. The van der Waals surface area contributed by atoms with Crippen molar-refractivity contribution in [2.45, 2.75) is 19.5 Å². The highest BCUT2D eigenvalue weighted by atomic mass is 35.5. The number of carbonyl (C=O) groups excluding carboxylic acids is 3. The Bertz CT molecular complexity index is 864. The van der Waals surface area contributed by atoms with Gasteiger partial charge in [0.1, 0.15) is 0 Å². The summed E-state index contributed by atoms with van der Waals surface area (Å²) in [4.78, 5) is 36.6. The van der Waals surface area contributed by atoms with Crippen LogP contribution in [0.1, 0.15) is 22.8 Å². The fourth-order valence-corrected chi connectivity index (χ4v) is 3.26. The lowest BCUT2D eigenvalue weighted by molar-refractivity contribution is -0.143. The molecule has 1 saturated heterocycles. The fraction of sp³-hybridized carbons (Fsp3) is 0.333. The van der Waals surface area contributed by atoms with Gasteiger partial charge in [0.05, 0.1) is 23.8 Å². The third kappa shape index (κ3) is 4.46. The summed E-state index contributed by atoms with van der Waals surface area (Å²) < 4.78 is 1.71. The van der Waals surface area contributed by atoms with Crippen molar-refractivity contribution < 1.29 is 14.4 Å². The van der Waals surface area contributed by atoms with Gasteiger partial charge in [0.15, 0.2) is 0 Å². The van der Waals surface area contributed by atoms with Crippen molar-refractivity contribution in [3.63, 3.8) is 0 Å². The van der Waals surface area contributed by atoms with Crippen molar-refractivity contribution in [2.75, 3.05) is 13.1 Å². The number of nitrogens with one attached hydrogen (secondary N) is 1. The quantitative estimate of drug-likeness (QED) is 0.748. The Balaban J connectivity index is 1.59. The van der Waals surface area contributed by atoms with Crippen molar-refractivity contribution in [3.05, 3.63) is 52.8 Å². The number of primary amides is 1. The SMILES string of the molecule is CC1CN(C(=O)C(N)=O)CC1NC(=O)c1ccc(Cn2cc(Cl)cn2)cc1. The zero-order valence-electron chi connectivity index (χ0n) is 14.8. The molecule has 8 nitrogen and oxygen atoms in total. The van der Waals surface area contributed by atoms with Crippen LogP contribution in [0.15, 0.2) is 36.7 Å². The number of hydrogen-bond donors (Lipinski definition) is 2. The van der Waals surface area contributed by atoms with Crippen molar-refractivity contribution >= 4 is 29.3 Å². The summed E-state index contributed by atoms with van der Waals surface area (Å²) in [5, 5.41) is 7.61. The molecule has 0 saturated carbocycles. The van der Waals surface area contributed by atoms with Gasteiger partial charge in [0, 0.05) is 24.8 Å². The Morgan fingerprint density at radius 1 is 1.26 bits per heavy atom. The van der Waals surface area contributed by atoms with Crippen LogP contribution in [0.2, 0.25) is 5.02 Å². The van der Waals surface area contributed by atoms with E-state index in [-0.39, 0.29) is 24.4 Å². The number of amides is 3. The van der Waals surface area contributed by atoms with Gasteiger partial charge in [-0.05, 0) is 23.6 Å². The molecule has 0 spiro atoms. The van der Waals surface area contributed by atoms with Crippen LogP contribution in [0.5, 0.6) is 0 Å². The predicted molar refractivity (Wildman–Crippen MR) is 99.0 cm³/mol. The maximum atomic E-state index is 12.5. The average molecular weight is 390 g/mol. The van der Waals surface area contributed by atoms with Gasteiger partial charge < -0.3 is 16.0 Å². The van der Waals surface area contributed by atoms with E-state index < -0.39 is 11.8 Å². The van der Waals surface area contributed by atoms with E-state index in [9.17, 15) is 14.4 Å². The second-order valence-corrected chi connectivity index (χ2v) is 7.12. The topological polar surface area (TPSA) is 110 Å². The molecule has 142 valence electrons. The Hall–Kier alpha value is -2.87. The van der Waals surface area contributed by atoms with Crippen LogP contribution in [0, 0.1) is 5.92 Å². The fourth-order valence-electron chi connectivity index (χ4n) is 3.10. The summed E-state index contributed by atoms with van der Waals surface area (Å²) in [5.41, 5.74) is 6.54. The third-order valence-electron chi connectivity index (χ3n) is 4.59. The lowest BCUT2D eigenvalue weighted by atomic mass is 10.1. The van der Waals surface area contributed by atoms with E-state index in [0.717, 1.165) is 5.56 Å². The third-order valence-corrected chi connectivity index (χ3v) is 4.78. The summed E-state index contributed by atoms with van der Waals surface area (Å²) in [6, 6.07) is 6.95. The number of halogens is 1. The zero-order valence-corrected chi connectivity index (χ0v) is 15.5. The summed E-state index contributed by atoms with van der Waals surface area (Å²) in [6.45, 7) is 3.13. The minimum atomic E-state index is -0.983. The van der Waals surface area contributed by atoms with E-state index in [1.54, 1.807) is 29.2 Å². The number of likely N-dealkylation sites (tertiary alicyclic amines) is 1. The Morgan fingerprint density at radius 3 is 2.56 bits per heavy atom. The molecule has 1 aliphatic rings. The van der Waals surface area contributed by atoms with E-state index in [1.807, 2.05) is 19.1 Å². The van der Waals surface area contributed by atoms with Crippen LogP contribution < -0.4 is 11.1 Å². The molecule has 3 N–H and O–H groups in total. The highest BCUT2D eigenvalue weighted by Gasteiger charge is 2.35. The van der Waals surface area contributed by atoms with Crippen LogP contribution in [0.4, 0.5) is 0 Å². The molecule has 2 heterocycles. The maximum absolute atomic E-state index is 12.5. The average Bonchev–Trinajstić information content (AvgIpc) is 3.20. The molecule has 3 amide bonds. The monoisotopic (exact) mass is 389 g/mol. The van der Waals surface area contributed by atoms with Crippen molar-refractivity contribution in [1.82, 2.24) is 20.0 Å². The normalized spacial score (nSPS) is 19.1. The Kier molecular flexibility index (Phi) is 5.46. The smallest absolute Gasteiger partial charge is 0.311 e. The standard InChI is InChI=1S/C18H20ClN5O3/c1-11-7-23(18(27)16(20)25)10-15(11)22-17(26)13-4-2-12(3-5-13)8-24-9-14(19)6-21-24/h2-6,9,11,15H,7-8,10H2,1H3,(H2,20,25)(H,22,26). The lowest BCUT2D eigenvalue weighted by Gasteiger charge is -2.16. The molecule has 2 aromatic rings. The molecule has 3 rings (SSSR count). The Labute approximate surface area is 161 Å². The predicted octanol–water partition coefficient (Wildman–Crippen LogP) is 0.647. The molecule has 1 fully saturated rings. The minimum absolute atomic E-state index is 0.0288. The molecule has 1 aliphatic heterocycles. The van der Waals surface area contributed by atoms with Gasteiger partial charge in [0.25, 0.3) is 5.91 Å². The second-order valence-electron chi connectivity index (χ2n) is 6.68. The zero-order chi connectivity index (χ0) is 19.6. The number of hydrogen-bond acceptors (Lipinski definition) is 4. The second kappa shape index (κ2) is 7.79. The summed E-state index contributed by atoms with van der Waals surface area (Å²) in [7, 11) is 0. The molecule has 1 aromatic carbocycles. The van der Waals surface area contributed by atoms with Crippen molar-refractivity contribution in [1.29, 1.82) is 0 Å². The number of nitrogens with zero attached hydrogens (tertiary/aromatic N) is 3. The number of rotatable bonds is 4. The number of carbonyl (C=O) groups is 3. The van der Waals surface area contributed by atoms with Crippen LogP contribution in [0.3, 0.4) is 0 Å². The van der Waals surface area contributed by atoms with Gasteiger partial charge >= 0.3 is 11.8 Å². The van der Waals surface area contributed by atoms with Gasteiger partial charge in [0.2, 0.25) is 0 Å². The van der Waals surface area contributed by atoms with Gasteiger partial charge in [-0.3, -0.25) is 19.1 Å². The van der Waals surface area contributed by atoms with E-state index >= 15 is 0 Å². The van der Waals surface area contributed by atoms with Crippen LogP contribution >= 0.6 is 11.6 Å². The van der Waals surface area contributed by atoms with E-state index in [2.05, 4.69) is 10.4 Å². The molecular weight excluding hydrogens is 370 g/mol. The number of aromatic nitrogens is 2. The first-order valence-corrected chi connectivity index (χ1v) is 8.87. The van der Waals surface area contributed by atoms with E-state index in [0.29, 0.717) is 23.7 Å².